The van der Waals surface area contributed by atoms with Crippen molar-refractivity contribution in [2.75, 3.05) is 11.4 Å². The average Bonchev–Trinajstić information content (AvgIpc) is 3.33. The minimum Gasteiger partial charge on any atom is -0.346 e. The Morgan fingerprint density at radius 1 is 1.00 bits per heavy atom. The number of anilines is 1. The Bertz CT molecular complexity index is 1190. The Morgan fingerprint density at radius 3 is 2.58 bits per heavy atom. The van der Waals surface area contributed by atoms with E-state index in [1.807, 2.05) is 48.5 Å². The first-order valence-electron chi connectivity index (χ1n) is 11.1. The fourth-order valence-electron chi connectivity index (χ4n) is 4.49. The molecule has 2 aliphatic heterocycles. The van der Waals surface area contributed by atoms with Crippen LogP contribution in [0.4, 0.5) is 5.69 Å². The summed E-state index contributed by atoms with van der Waals surface area (Å²) in [4.78, 5) is 46.6. The summed E-state index contributed by atoms with van der Waals surface area (Å²) in [5, 5.41) is 2.87. The second-order valence-electron chi connectivity index (χ2n) is 8.30. The van der Waals surface area contributed by atoms with Crippen LogP contribution in [0.2, 0.25) is 0 Å². The van der Waals surface area contributed by atoms with Crippen LogP contribution in [0, 0.1) is 0 Å². The highest BCUT2D eigenvalue weighted by atomic mass is 16.2. The number of hydrogen-bond acceptors (Lipinski definition) is 4. The van der Waals surface area contributed by atoms with E-state index in [1.54, 1.807) is 34.2 Å². The van der Waals surface area contributed by atoms with Crippen molar-refractivity contribution < 1.29 is 14.4 Å². The number of amides is 3. The standard InChI is InChI=1S/C26H24N4O3/c31-24(28-16-20-6-3-4-14-27-20)19-12-10-18(11-13-19)17-30-22-8-2-1-7-21(22)25(32)29-15-5-9-23(29)26(30)33/h1-4,6-8,10-14,23H,5,9,15-17H2,(H,28,31). The summed E-state index contributed by atoms with van der Waals surface area (Å²) in [7, 11) is 0. The maximum atomic E-state index is 13.4. The minimum atomic E-state index is -0.415. The van der Waals surface area contributed by atoms with Crippen LogP contribution in [0.25, 0.3) is 0 Å². The molecule has 1 unspecified atom stereocenters. The molecule has 1 aromatic heterocycles. The average molecular weight is 441 g/mol. The SMILES string of the molecule is O=C(NCc1ccccn1)c1ccc(CN2C(=O)C3CCCN3C(=O)c3ccccc32)cc1. The summed E-state index contributed by atoms with van der Waals surface area (Å²) in [6.07, 6.45) is 3.21. The zero-order valence-corrected chi connectivity index (χ0v) is 18.1. The molecule has 33 heavy (non-hydrogen) atoms. The van der Waals surface area contributed by atoms with E-state index in [4.69, 9.17) is 0 Å². The first kappa shape index (κ1) is 20.9. The molecule has 2 aliphatic rings. The van der Waals surface area contributed by atoms with E-state index in [0.29, 0.717) is 42.9 Å². The van der Waals surface area contributed by atoms with E-state index in [2.05, 4.69) is 10.3 Å². The molecule has 0 aliphatic carbocycles. The molecule has 2 aromatic carbocycles. The smallest absolute Gasteiger partial charge is 0.256 e. The molecule has 7 heteroatoms. The Balaban J connectivity index is 1.34. The van der Waals surface area contributed by atoms with Crippen molar-refractivity contribution in [1.82, 2.24) is 15.2 Å². The van der Waals surface area contributed by atoms with Gasteiger partial charge in [-0.3, -0.25) is 19.4 Å². The van der Waals surface area contributed by atoms with Gasteiger partial charge in [-0.2, -0.15) is 0 Å². The van der Waals surface area contributed by atoms with Crippen molar-refractivity contribution >= 4 is 23.4 Å². The predicted molar refractivity (Wildman–Crippen MR) is 124 cm³/mol. The van der Waals surface area contributed by atoms with Gasteiger partial charge in [0.05, 0.1) is 30.0 Å². The molecule has 3 amide bonds. The molecule has 7 nitrogen and oxygen atoms in total. The van der Waals surface area contributed by atoms with Crippen LogP contribution >= 0.6 is 0 Å². The highest BCUT2D eigenvalue weighted by molar-refractivity contribution is 6.11. The Hall–Kier alpha value is -4.00. The topological polar surface area (TPSA) is 82.6 Å². The minimum absolute atomic E-state index is 0.0528. The van der Waals surface area contributed by atoms with Gasteiger partial charge in [0.15, 0.2) is 0 Å². The van der Waals surface area contributed by atoms with Gasteiger partial charge in [-0.15, -0.1) is 0 Å². The highest BCUT2D eigenvalue weighted by Gasteiger charge is 2.41. The van der Waals surface area contributed by atoms with Crippen molar-refractivity contribution in [2.24, 2.45) is 0 Å². The number of rotatable bonds is 5. The monoisotopic (exact) mass is 440 g/mol. The maximum absolute atomic E-state index is 13.4. The molecule has 0 spiro atoms. The number of pyridine rings is 1. The molecule has 5 rings (SSSR count). The number of para-hydroxylation sites is 1. The van der Waals surface area contributed by atoms with Gasteiger partial charge in [0.1, 0.15) is 6.04 Å². The lowest BCUT2D eigenvalue weighted by atomic mass is 10.1. The Morgan fingerprint density at radius 2 is 1.79 bits per heavy atom. The number of benzene rings is 2. The van der Waals surface area contributed by atoms with E-state index in [0.717, 1.165) is 17.7 Å². The number of carbonyl (C=O) groups is 3. The number of aromatic nitrogens is 1. The van der Waals surface area contributed by atoms with Crippen LogP contribution < -0.4 is 10.2 Å². The van der Waals surface area contributed by atoms with E-state index in [1.165, 1.54) is 0 Å². The van der Waals surface area contributed by atoms with Crippen LogP contribution in [0.5, 0.6) is 0 Å². The van der Waals surface area contributed by atoms with Crippen LogP contribution in [-0.2, 0) is 17.9 Å². The van der Waals surface area contributed by atoms with E-state index in [9.17, 15) is 14.4 Å². The molecule has 3 aromatic rings. The number of carbonyl (C=O) groups excluding carboxylic acids is 3. The molecule has 0 saturated carbocycles. The van der Waals surface area contributed by atoms with Crippen molar-refractivity contribution in [2.45, 2.75) is 32.0 Å². The molecular formula is C26H24N4O3. The summed E-state index contributed by atoms with van der Waals surface area (Å²) in [5.41, 5.74) is 3.41. The summed E-state index contributed by atoms with van der Waals surface area (Å²) in [5.74, 6) is -0.317. The zero-order valence-electron chi connectivity index (χ0n) is 18.1. The third kappa shape index (κ3) is 4.09. The zero-order chi connectivity index (χ0) is 22.8. The van der Waals surface area contributed by atoms with Crippen molar-refractivity contribution in [1.29, 1.82) is 0 Å². The van der Waals surface area contributed by atoms with Gasteiger partial charge < -0.3 is 15.1 Å². The number of hydrogen-bond donors (Lipinski definition) is 1. The van der Waals surface area contributed by atoms with Gasteiger partial charge in [0.25, 0.3) is 11.8 Å². The van der Waals surface area contributed by atoms with Gasteiger partial charge >= 0.3 is 0 Å². The molecular weight excluding hydrogens is 416 g/mol. The van der Waals surface area contributed by atoms with Crippen LogP contribution in [0.1, 0.15) is 44.8 Å². The fraction of sp³-hybridized carbons (Fsp3) is 0.231. The maximum Gasteiger partial charge on any atom is 0.256 e. The van der Waals surface area contributed by atoms with E-state index < -0.39 is 6.04 Å². The number of fused-ring (bicyclic) bond motifs is 2. The Labute approximate surface area is 192 Å². The first-order chi connectivity index (χ1) is 16.1. The third-order valence-corrected chi connectivity index (χ3v) is 6.20. The molecule has 1 N–H and O–H groups in total. The van der Waals surface area contributed by atoms with Crippen molar-refractivity contribution in [3.8, 4) is 0 Å². The number of nitrogens with one attached hydrogen (secondary N) is 1. The lowest BCUT2D eigenvalue weighted by Gasteiger charge is -2.26. The second-order valence-corrected chi connectivity index (χ2v) is 8.30. The quantitative estimate of drug-likeness (QED) is 0.661. The predicted octanol–water partition coefficient (Wildman–Crippen LogP) is 3.16. The third-order valence-electron chi connectivity index (χ3n) is 6.20. The lowest BCUT2D eigenvalue weighted by Crippen LogP contribution is -2.44. The van der Waals surface area contributed by atoms with Crippen LogP contribution in [0.3, 0.4) is 0 Å². The van der Waals surface area contributed by atoms with E-state index in [-0.39, 0.29) is 17.7 Å². The summed E-state index contributed by atoms with van der Waals surface area (Å²) < 4.78 is 0. The van der Waals surface area contributed by atoms with Gasteiger partial charge in [-0.1, -0.05) is 30.3 Å². The normalized spacial score (nSPS) is 17.4. The summed E-state index contributed by atoms with van der Waals surface area (Å²) in [6.45, 7) is 1.30. The van der Waals surface area contributed by atoms with Gasteiger partial charge in [0, 0.05) is 18.3 Å². The van der Waals surface area contributed by atoms with Crippen LogP contribution in [0.15, 0.2) is 72.9 Å². The molecule has 1 saturated heterocycles. The van der Waals surface area contributed by atoms with Crippen LogP contribution in [-0.4, -0.2) is 40.2 Å². The fourth-order valence-corrected chi connectivity index (χ4v) is 4.49. The summed E-state index contributed by atoms with van der Waals surface area (Å²) >= 11 is 0. The Kier molecular flexibility index (Phi) is 5.60. The van der Waals surface area contributed by atoms with Gasteiger partial charge in [-0.05, 0) is 54.8 Å². The van der Waals surface area contributed by atoms with Gasteiger partial charge in [0.2, 0.25) is 5.91 Å². The molecule has 166 valence electrons. The summed E-state index contributed by atoms with van der Waals surface area (Å²) in [6, 6.07) is 19.6. The molecule has 3 heterocycles. The van der Waals surface area contributed by atoms with Crippen molar-refractivity contribution in [3.05, 3.63) is 95.3 Å². The lowest BCUT2D eigenvalue weighted by molar-refractivity contribution is -0.122. The van der Waals surface area contributed by atoms with Gasteiger partial charge in [-0.25, -0.2) is 0 Å². The molecule has 0 radical (unpaired) electrons. The molecule has 1 atom stereocenters. The largest absolute Gasteiger partial charge is 0.346 e. The molecule has 0 bridgehead atoms. The van der Waals surface area contributed by atoms with Crippen molar-refractivity contribution in [3.63, 3.8) is 0 Å². The number of nitrogens with zero attached hydrogens (tertiary/aromatic N) is 3. The second kappa shape index (κ2) is 8.86. The first-order valence-corrected chi connectivity index (χ1v) is 11.1. The van der Waals surface area contributed by atoms with E-state index >= 15 is 0 Å². The highest BCUT2D eigenvalue weighted by Crippen LogP contribution is 2.33. The molecule has 1 fully saturated rings.